The predicted molar refractivity (Wildman–Crippen MR) is 117 cm³/mol. The molecule has 4 rings (SSSR count). The molecule has 4 aromatic rings. The highest BCUT2D eigenvalue weighted by molar-refractivity contribution is 7.99. The molecule has 0 N–H and O–H groups in total. The molecule has 0 radical (unpaired) electrons. The Kier molecular flexibility index (Phi) is 6.72. The van der Waals surface area contributed by atoms with E-state index >= 15 is 0 Å². The Morgan fingerprint density at radius 3 is 2.50 bits per heavy atom. The molecule has 0 aliphatic carbocycles. The Morgan fingerprint density at radius 2 is 1.84 bits per heavy atom. The van der Waals surface area contributed by atoms with E-state index in [4.69, 9.17) is 25.5 Å². The van der Waals surface area contributed by atoms with Crippen molar-refractivity contribution in [2.24, 2.45) is 0 Å². The first-order chi connectivity index (χ1) is 15.5. The molecular formula is C23H16ClFN2O4S. The Hall–Kier alpha value is -3.36. The Bertz CT molecular complexity index is 1210. The van der Waals surface area contributed by atoms with Crippen molar-refractivity contribution >= 4 is 29.3 Å². The van der Waals surface area contributed by atoms with Crippen molar-refractivity contribution in [3.8, 4) is 17.2 Å². The van der Waals surface area contributed by atoms with E-state index < -0.39 is 5.97 Å². The van der Waals surface area contributed by atoms with Crippen molar-refractivity contribution in [1.29, 1.82) is 0 Å². The van der Waals surface area contributed by atoms with Crippen LogP contribution in [-0.4, -0.2) is 23.0 Å². The normalized spacial score (nSPS) is 10.7. The van der Waals surface area contributed by atoms with Gasteiger partial charge < -0.3 is 13.9 Å². The highest BCUT2D eigenvalue weighted by atomic mass is 35.5. The van der Waals surface area contributed by atoms with E-state index in [-0.39, 0.29) is 12.4 Å². The van der Waals surface area contributed by atoms with E-state index in [1.54, 1.807) is 54.7 Å². The number of esters is 1. The minimum atomic E-state index is -0.425. The van der Waals surface area contributed by atoms with E-state index in [1.807, 2.05) is 0 Å². The Morgan fingerprint density at radius 1 is 1.09 bits per heavy atom. The van der Waals surface area contributed by atoms with Gasteiger partial charge in [-0.05, 0) is 72.4 Å². The summed E-state index contributed by atoms with van der Waals surface area (Å²) in [5.74, 6) is 0.107. The lowest BCUT2D eigenvalue weighted by Crippen LogP contribution is -2.01. The number of rotatable bonds is 7. The van der Waals surface area contributed by atoms with Crippen LogP contribution in [0.2, 0.25) is 5.02 Å². The first-order valence-electron chi connectivity index (χ1n) is 9.38. The van der Waals surface area contributed by atoms with Crippen molar-refractivity contribution in [3.63, 3.8) is 0 Å². The summed E-state index contributed by atoms with van der Waals surface area (Å²) in [7, 11) is 1.32. The molecule has 0 bridgehead atoms. The summed E-state index contributed by atoms with van der Waals surface area (Å²) in [6.45, 7) is 0.109. The molecule has 0 fully saturated rings. The van der Waals surface area contributed by atoms with Gasteiger partial charge in [-0.3, -0.25) is 0 Å². The minimum Gasteiger partial charge on any atom is -0.487 e. The largest absolute Gasteiger partial charge is 0.487 e. The summed E-state index contributed by atoms with van der Waals surface area (Å²) < 4.78 is 29.8. The molecule has 6 nitrogen and oxygen atoms in total. The van der Waals surface area contributed by atoms with Gasteiger partial charge in [0.2, 0.25) is 5.89 Å². The zero-order valence-electron chi connectivity index (χ0n) is 16.7. The highest BCUT2D eigenvalue weighted by Gasteiger charge is 2.18. The van der Waals surface area contributed by atoms with Gasteiger partial charge in [-0.2, -0.15) is 0 Å². The number of pyridine rings is 1. The maximum Gasteiger partial charge on any atom is 0.337 e. The van der Waals surface area contributed by atoms with Gasteiger partial charge in [-0.1, -0.05) is 11.6 Å². The van der Waals surface area contributed by atoms with E-state index in [0.717, 1.165) is 0 Å². The average Bonchev–Trinajstić information content (AvgIpc) is 3.22. The molecule has 2 aromatic carbocycles. The summed E-state index contributed by atoms with van der Waals surface area (Å²) in [4.78, 5) is 20.4. The first-order valence-corrected chi connectivity index (χ1v) is 10.6. The molecule has 0 unspecified atom stereocenters. The number of benzene rings is 2. The molecule has 2 heterocycles. The Labute approximate surface area is 192 Å². The third-order valence-corrected chi connectivity index (χ3v) is 5.48. The number of oxazole rings is 1. The molecule has 2 aromatic heterocycles. The van der Waals surface area contributed by atoms with Crippen molar-refractivity contribution in [1.82, 2.24) is 9.97 Å². The number of carbonyl (C=O) groups is 1. The number of carbonyl (C=O) groups excluding carboxylic acids is 1. The second-order valence-electron chi connectivity index (χ2n) is 6.48. The number of halogens is 2. The number of methoxy groups -OCH3 is 1. The molecule has 32 heavy (non-hydrogen) atoms. The topological polar surface area (TPSA) is 74.5 Å². The summed E-state index contributed by atoms with van der Waals surface area (Å²) >= 11 is 7.19. The van der Waals surface area contributed by atoms with Crippen LogP contribution < -0.4 is 4.74 Å². The standard InChI is InChI=1S/C23H16ClFN2O4S/c1-29-22(28)15-4-9-18(10-5-15)30-13-19-23(32-20-11-6-16(24)12-26-20)31-21(27-19)14-2-7-17(25)8-3-14/h2-12H,13H2,1H3. The van der Waals surface area contributed by atoms with E-state index in [0.29, 0.717) is 43.6 Å². The molecule has 0 saturated carbocycles. The van der Waals surface area contributed by atoms with Gasteiger partial charge in [0.25, 0.3) is 0 Å². The summed E-state index contributed by atoms with van der Waals surface area (Å²) in [6.07, 6.45) is 1.54. The molecule has 162 valence electrons. The van der Waals surface area contributed by atoms with Gasteiger partial charge in [-0.15, -0.1) is 0 Å². The quantitative estimate of drug-likeness (QED) is 0.304. The van der Waals surface area contributed by atoms with Crippen LogP contribution >= 0.6 is 23.4 Å². The number of ether oxygens (including phenoxy) is 2. The van der Waals surface area contributed by atoms with Crippen LogP contribution in [0.5, 0.6) is 5.75 Å². The van der Waals surface area contributed by atoms with Crippen LogP contribution in [0.15, 0.2) is 81.4 Å². The lowest BCUT2D eigenvalue weighted by atomic mass is 10.2. The number of hydrogen-bond acceptors (Lipinski definition) is 7. The van der Waals surface area contributed by atoms with Crippen molar-refractivity contribution < 1.29 is 23.1 Å². The van der Waals surface area contributed by atoms with Crippen LogP contribution in [0.1, 0.15) is 16.1 Å². The minimum absolute atomic E-state index is 0.109. The maximum absolute atomic E-state index is 13.3. The van der Waals surface area contributed by atoms with Crippen molar-refractivity contribution in [3.05, 3.63) is 89.0 Å². The zero-order chi connectivity index (χ0) is 22.5. The third kappa shape index (κ3) is 5.27. The van der Waals surface area contributed by atoms with Crippen LogP contribution in [0, 0.1) is 5.82 Å². The lowest BCUT2D eigenvalue weighted by molar-refractivity contribution is 0.0600. The van der Waals surface area contributed by atoms with Crippen molar-refractivity contribution in [2.75, 3.05) is 7.11 Å². The van der Waals surface area contributed by atoms with E-state index in [2.05, 4.69) is 9.97 Å². The monoisotopic (exact) mass is 470 g/mol. The molecule has 0 atom stereocenters. The van der Waals surface area contributed by atoms with Crippen LogP contribution in [0.3, 0.4) is 0 Å². The van der Waals surface area contributed by atoms with Crippen LogP contribution in [0.25, 0.3) is 11.5 Å². The fraction of sp³-hybridized carbons (Fsp3) is 0.0870. The number of nitrogens with zero attached hydrogens (tertiary/aromatic N) is 2. The molecule has 0 amide bonds. The van der Waals surface area contributed by atoms with Crippen molar-refractivity contribution in [2.45, 2.75) is 16.7 Å². The summed E-state index contributed by atoms with van der Waals surface area (Å²) in [5.41, 5.74) is 1.60. The Balaban J connectivity index is 1.57. The van der Waals surface area contributed by atoms with Gasteiger partial charge in [0, 0.05) is 11.8 Å². The van der Waals surface area contributed by atoms with Gasteiger partial charge in [0.1, 0.15) is 28.9 Å². The van der Waals surface area contributed by atoms with E-state index in [1.165, 1.54) is 31.0 Å². The second-order valence-corrected chi connectivity index (χ2v) is 7.91. The average molecular weight is 471 g/mol. The molecule has 0 aliphatic rings. The molecule has 0 aliphatic heterocycles. The fourth-order valence-electron chi connectivity index (χ4n) is 2.70. The van der Waals surface area contributed by atoms with Gasteiger partial charge in [0.05, 0.1) is 17.7 Å². The summed E-state index contributed by atoms with van der Waals surface area (Å²) in [6, 6.07) is 15.9. The number of hydrogen-bond donors (Lipinski definition) is 0. The third-order valence-electron chi connectivity index (χ3n) is 4.30. The lowest BCUT2D eigenvalue weighted by Gasteiger charge is -2.06. The molecular weight excluding hydrogens is 455 g/mol. The molecule has 0 saturated heterocycles. The maximum atomic E-state index is 13.3. The smallest absolute Gasteiger partial charge is 0.337 e. The molecule has 0 spiro atoms. The van der Waals surface area contributed by atoms with Crippen LogP contribution in [-0.2, 0) is 11.3 Å². The van der Waals surface area contributed by atoms with Gasteiger partial charge in [-0.25, -0.2) is 19.2 Å². The highest BCUT2D eigenvalue weighted by Crippen LogP contribution is 2.34. The van der Waals surface area contributed by atoms with Gasteiger partial charge in [0.15, 0.2) is 5.09 Å². The number of aromatic nitrogens is 2. The predicted octanol–water partition coefficient (Wildman–Crippen LogP) is 6.05. The van der Waals surface area contributed by atoms with Gasteiger partial charge >= 0.3 is 5.97 Å². The first kappa shape index (κ1) is 21.9. The summed E-state index contributed by atoms with van der Waals surface area (Å²) in [5, 5.41) is 1.68. The fourth-order valence-corrected chi connectivity index (χ4v) is 3.59. The zero-order valence-corrected chi connectivity index (χ0v) is 18.3. The van der Waals surface area contributed by atoms with E-state index in [9.17, 15) is 9.18 Å². The second kappa shape index (κ2) is 9.84. The SMILES string of the molecule is COC(=O)c1ccc(OCc2nc(-c3ccc(F)cc3)oc2Sc2ccc(Cl)cn2)cc1. The van der Waals surface area contributed by atoms with Crippen LogP contribution in [0.4, 0.5) is 4.39 Å². The molecule has 9 heteroatoms.